The number of anilines is 1. The number of amides is 1. The van der Waals surface area contributed by atoms with Crippen LogP contribution in [0.25, 0.3) is 0 Å². The first-order valence-corrected chi connectivity index (χ1v) is 9.36. The molecule has 1 aliphatic rings. The van der Waals surface area contributed by atoms with Crippen molar-refractivity contribution in [2.45, 2.75) is 19.4 Å². The van der Waals surface area contributed by atoms with Gasteiger partial charge >= 0.3 is 0 Å². The second kappa shape index (κ2) is 8.17. The summed E-state index contributed by atoms with van der Waals surface area (Å²) >= 11 is 0. The summed E-state index contributed by atoms with van der Waals surface area (Å²) in [7, 11) is 0. The molecule has 1 N–H and O–H groups in total. The lowest BCUT2D eigenvalue weighted by Crippen LogP contribution is -2.36. The Labute approximate surface area is 163 Å². The predicted molar refractivity (Wildman–Crippen MR) is 106 cm³/mol. The molecule has 6 heteroatoms. The highest BCUT2D eigenvalue weighted by Crippen LogP contribution is 2.20. The molecule has 0 saturated heterocycles. The highest BCUT2D eigenvalue weighted by Gasteiger charge is 2.22. The van der Waals surface area contributed by atoms with Crippen molar-refractivity contribution in [3.8, 4) is 0 Å². The van der Waals surface area contributed by atoms with E-state index in [1.54, 1.807) is 23.2 Å². The van der Waals surface area contributed by atoms with E-state index in [1.165, 1.54) is 23.4 Å². The van der Waals surface area contributed by atoms with Crippen molar-refractivity contribution in [1.29, 1.82) is 0 Å². The van der Waals surface area contributed by atoms with E-state index in [9.17, 15) is 9.18 Å². The van der Waals surface area contributed by atoms with Crippen LogP contribution in [0.4, 0.5) is 10.2 Å². The standard InChI is InChI=1S/C22H21FN4O/c23-19-8-4-3-6-17(19)9-11-24-21-14-25-20(13-26-21)22(28)27-12-10-16-5-1-2-7-18(16)15-27/h1-8,13-14H,9-12,15H2,(H,24,26). The lowest BCUT2D eigenvalue weighted by molar-refractivity contribution is 0.0728. The molecule has 0 bridgehead atoms. The van der Waals surface area contributed by atoms with E-state index in [1.807, 2.05) is 18.2 Å². The van der Waals surface area contributed by atoms with Gasteiger partial charge in [-0.3, -0.25) is 4.79 Å². The van der Waals surface area contributed by atoms with E-state index >= 15 is 0 Å². The van der Waals surface area contributed by atoms with Gasteiger partial charge in [0.05, 0.1) is 12.4 Å². The minimum Gasteiger partial charge on any atom is -0.368 e. The fraction of sp³-hybridized carbons (Fsp3) is 0.227. The predicted octanol–water partition coefficient (Wildman–Crippen LogP) is 3.47. The Balaban J connectivity index is 1.34. The molecule has 0 saturated carbocycles. The summed E-state index contributed by atoms with van der Waals surface area (Å²) in [5, 5.41) is 3.11. The highest BCUT2D eigenvalue weighted by atomic mass is 19.1. The SMILES string of the molecule is O=C(c1cnc(NCCc2ccccc2F)cn1)N1CCc2ccccc2C1. The van der Waals surface area contributed by atoms with Gasteiger partial charge in [-0.2, -0.15) is 0 Å². The number of halogens is 1. The Morgan fingerprint density at radius 2 is 1.82 bits per heavy atom. The summed E-state index contributed by atoms with van der Waals surface area (Å²) in [6, 6.07) is 14.9. The largest absolute Gasteiger partial charge is 0.368 e. The second-order valence-corrected chi connectivity index (χ2v) is 6.80. The quantitative estimate of drug-likeness (QED) is 0.741. The molecule has 0 aliphatic carbocycles. The monoisotopic (exact) mass is 376 g/mol. The molecule has 0 spiro atoms. The molecule has 1 amide bonds. The van der Waals surface area contributed by atoms with Gasteiger partial charge in [-0.25, -0.2) is 14.4 Å². The average Bonchev–Trinajstić information content (AvgIpc) is 2.75. The van der Waals surface area contributed by atoms with Crippen molar-refractivity contribution in [3.63, 3.8) is 0 Å². The summed E-state index contributed by atoms with van der Waals surface area (Å²) < 4.78 is 13.6. The van der Waals surface area contributed by atoms with Crippen LogP contribution >= 0.6 is 0 Å². The van der Waals surface area contributed by atoms with E-state index in [0.717, 1.165) is 6.42 Å². The topological polar surface area (TPSA) is 58.1 Å². The van der Waals surface area contributed by atoms with Crippen LogP contribution < -0.4 is 5.32 Å². The van der Waals surface area contributed by atoms with Gasteiger partial charge in [0.1, 0.15) is 17.3 Å². The van der Waals surface area contributed by atoms with Gasteiger partial charge in [-0.05, 0) is 35.6 Å². The van der Waals surface area contributed by atoms with Crippen LogP contribution in [0.2, 0.25) is 0 Å². The highest BCUT2D eigenvalue weighted by molar-refractivity contribution is 5.92. The number of nitrogens with one attached hydrogen (secondary N) is 1. The van der Waals surface area contributed by atoms with Crippen molar-refractivity contribution in [1.82, 2.24) is 14.9 Å². The summed E-state index contributed by atoms with van der Waals surface area (Å²) in [4.78, 5) is 23.1. The Morgan fingerprint density at radius 3 is 2.61 bits per heavy atom. The molecule has 28 heavy (non-hydrogen) atoms. The maximum atomic E-state index is 13.6. The third-order valence-corrected chi connectivity index (χ3v) is 4.95. The number of hydrogen-bond acceptors (Lipinski definition) is 4. The van der Waals surface area contributed by atoms with Crippen molar-refractivity contribution in [2.24, 2.45) is 0 Å². The molecule has 142 valence electrons. The third kappa shape index (κ3) is 4.01. The van der Waals surface area contributed by atoms with Gasteiger partial charge in [0.15, 0.2) is 0 Å². The van der Waals surface area contributed by atoms with Crippen molar-refractivity contribution in [2.75, 3.05) is 18.4 Å². The number of carbonyl (C=O) groups excluding carboxylic acids is 1. The number of rotatable bonds is 5. The van der Waals surface area contributed by atoms with Gasteiger partial charge in [-0.15, -0.1) is 0 Å². The van der Waals surface area contributed by atoms with Crippen molar-refractivity contribution < 1.29 is 9.18 Å². The number of nitrogens with zero attached hydrogens (tertiary/aromatic N) is 3. The van der Waals surface area contributed by atoms with Gasteiger partial charge < -0.3 is 10.2 Å². The fourth-order valence-electron chi connectivity index (χ4n) is 3.39. The molecule has 3 aromatic rings. The van der Waals surface area contributed by atoms with E-state index in [2.05, 4.69) is 27.4 Å². The van der Waals surface area contributed by atoms with E-state index in [0.29, 0.717) is 43.1 Å². The third-order valence-electron chi connectivity index (χ3n) is 4.95. The molecule has 1 aromatic heterocycles. The zero-order valence-electron chi connectivity index (χ0n) is 15.4. The molecule has 5 nitrogen and oxygen atoms in total. The molecule has 0 unspecified atom stereocenters. The average molecular weight is 376 g/mol. The minimum absolute atomic E-state index is 0.111. The van der Waals surface area contributed by atoms with Crippen LogP contribution in [0.1, 0.15) is 27.2 Å². The first-order chi connectivity index (χ1) is 13.7. The van der Waals surface area contributed by atoms with Crippen LogP contribution in [0, 0.1) is 5.82 Å². The lowest BCUT2D eigenvalue weighted by Gasteiger charge is -2.28. The molecule has 4 rings (SSSR count). The Kier molecular flexibility index (Phi) is 5.28. The second-order valence-electron chi connectivity index (χ2n) is 6.80. The van der Waals surface area contributed by atoms with Crippen LogP contribution in [0.3, 0.4) is 0 Å². The van der Waals surface area contributed by atoms with Crippen LogP contribution in [-0.2, 0) is 19.4 Å². The van der Waals surface area contributed by atoms with E-state index in [-0.39, 0.29) is 11.7 Å². The molecule has 1 aliphatic heterocycles. The number of benzene rings is 2. The fourth-order valence-corrected chi connectivity index (χ4v) is 3.39. The summed E-state index contributed by atoms with van der Waals surface area (Å²) in [5.41, 5.74) is 3.47. The van der Waals surface area contributed by atoms with Gasteiger partial charge in [0.25, 0.3) is 5.91 Å². The van der Waals surface area contributed by atoms with Crippen molar-refractivity contribution >= 4 is 11.7 Å². The smallest absolute Gasteiger partial charge is 0.274 e. The number of carbonyl (C=O) groups is 1. The molecular formula is C22H21FN4O. The summed E-state index contributed by atoms with van der Waals surface area (Å²) in [5.74, 6) is 0.247. The van der Waals surface area contributed by atoms with Crippen molar-refractivity contribution in [3.05, 3.63) is 89.1 Å². The van der Waals surface area contributed by atoms with Gasteiger partial charge in [0, 0.05) is 19.6 Å². The molecule has 0 fully saturated rings. The van der Waals surface area contributed by atoms with Crippen LogP contribution in [0.5, 0.6) is 0 Å². The van der Waals surface area contributed by atoms with E-state index < -0.39 is 0 Å². The Hall–Kier alpha value is -3.28. The molecule has 2 heterocycles. The Bertz CT molecular complexity index is 974. The molecular weight excluding hydrogens is 355 g/mol. The number of hydrogen-bond donors (Lipinski definition) is 1. The number of fused-ring (bicyclic) bond motifs is 1. The zero-order chi connectivity index (χ0) is 19.3. The lowest BCUT2D eigenvalue weighted by atomic mass is 10.00. The van der Waals surface area contributed by atoms with Crippen LogP contribution in [-0.4, -0.2) is 33.9 Å². The maximum Gasteiger partial charge on any atom is 0.274 e. The van der Waals surface area contributed by atoms with E-state index in [4.69, 9.17) is 0 Å². The first kappa shape index (κ1) is 18.1. The molecule has 2 aromatic carbocycles. The summed E-state index contributed by atoms with van der Waals surface area (Å²) in [6.07, 6.45) is 4.44. The normalized spacial score (nSPS) is 13.1. The van der Waals surface area contributed by atoms with Crippen LogP contribution in [0.15, 0.2) is 60.9 Å². The minimum atomic E-state index is -0.209. The number of aromatic nitrogens is 2. The zero-order valence-corrected chi connectivity index (χ0v) is 15.4. The molecule has 0 atom stereocenters. The summed E-state index contributed by atoms with van der Waals surface area (Å²) in [6.45, 7) is 1.81. The Morgan fingerprint density at radius 1 is 1.04 bits per heavy atom. The van der Waals surface area contributed by atoms with Gasteiger partial charge in [-0.1, -0.05) is 42.5 Å². The van der Waals surface area contributed by atoms with Gasteiger partial charge in [0.2, 0.25) is 0 Å². The maximum absolute atomic E-state index is 13.6. The molecule has 0 radical (unpaired) electrons. The first-order valence-electron chi connectivity index (χ1n) is 9.36.